The number of benzene rings is 1. The molecule has 3 N–H and O–H groups in total. The standard InChI is InChI=1S/C12H17N3O/c1-8-5-9(2)12-10(6-8)14-11(15-12)7-16-4-3-13/h5-6H,3-4,7,13H2,1-2H3,(H,14,15). The molecule has 0 atom stereocenters. The second-order valence-corrected chi connectivity index (χ2v) is 4.00. The van der Waals surface area contributed by atoms with Crippen molar-refractivity contribution in [3.05, 3.63) is 29.1 Å². The fraction of sp³-hybridized carbons (Fsp3) is 0.417. The third-order valence-electron chi connectivity index (χ3n) is 2.47. The van der Waals surface area contributed by atoms with Gasteiger partial charge in [0.2, 0.25) is 0 Å². The highest BCUT2D eigenvalue weighted by molar-refractivity contribution is 5.79. The molecule has 0 fully saturated rings. The summed E-state index contributed by atoms with van der Waals surface area (Å²) < 4.78 is 5.35. The Hall–Kier alpha value is -1.39. The molecule has 1 aromatic carbocycles. The molecule has 0 aliphatic rings. The van der Waals surface area contributed by atoms with E-state index in [0.29, 0.717) is 19.8 Å². The fourth-order valence-electron chi connectivity index (χ4n) is 1.84. The Balaban J connectivity index is 2.26. The Bertz CT molecular complexity index is 490. The van der Waals surface area contributed by atoms with Gasteiger partial charge in [-0.2, -0.15) is 0 Å². The smallest absolute Gasteiger partial charge is 0.133 e. The van der Waals surface area contributed by atoms with Crippen LogP contribution in [0.4, 0.5) is 0 Å². The summed E-state index contributed by atoms with van der Waals surface area (Å²) in [5.41, 5.74) is 9.88. The van der Waals surface area contributed by atoms with Crippen LogP contribution in [0.15, 0.2) is 12.1 Å². The van der Waals surface area contributed by atoms with Crippen LogP contribution in [0.5, 0.6) is 0 Å². The number of rotatable bonds is 4. The van der Waals surface area contributed by atoms with Gasteiger partial charge >= 0.3 is 0 Å². The number of hydrogen-bond acceptors (Lipinski definition) is 3. The van der Waals surface area contributed by atoms with Gasteiger partial charge in [-0.15, -0.1) is 0 Å². The molecule has 0 amide bonds. The van der Waals surface area contributed by atoms with Gasteiger partial charge in [0.1, 0.15) is 12.4 Å². The lowest BCUT2D eigenvalue weighted by molar-refractivity contribution is 0.123. The molecule has 1 aromatic heterocycles. The zero-order chi connectivity index (χ0) is 11.5. The van der Waals surface area contributed by atoms with Gasteiger partial charge in [0, 0.05) is 6.54 Å². The number of nitrogens with zero attached hydrogens (tertiary/aromatic N) is 1. The van der Waals surface area contributed by atoms with Crippen LogP contribution in [0, 0.1) is 13.8 Å². The molecule has 16 heavy (non-hydrogen) atoms. The molecule has 2 aromatic rings. The summed E-state index contributed by atoms with van der Waals surface area (Å²) in [7, 11) is 0. The minimum Gasteiger partial charge on any atom is -0.372 e. The highest BCUT2D eigenvalue weighted by atomic mass is 16.5. The molecule has 0 aliphatic heterocycles. The summed E-state index contributed by atoms with van der Waals surface area (Å²) in [6.07, 6.45) is 0. The highest BCUT2D eigenvalue weighted by Crippen LogP contribution is 2.18. The molecule has 0 radical (unpaired) electrons. The van der Waals surface area contributed by atoms with Crippen LogP contribution < -0.4 is 5.73 Å². The van der Waals surface area contributed by atoms with Crippen LogP contribution in [0.3, 0.4) is 0 Å². The third kappa shape index (κ3) is 2.23. The second-order valence-electron chi connectivity index (χ2n) is 4.00. The van der Waals surface area contributed by atoms with Gasteiger partial charge in [0.25, 0.3) is 0 Å². The molecule has 2 rings (SSSR count). The van der Waals surface area contributed by atoms with Crippen LogP contribution in [0.1, 0.15) is 17.0 Å². The number of ether oxygens (including phenoxy) is 1. The summed E-state index contributed by atoms with van der Waals surface area (Å²) in [4.78, 5) is 7.76. The van der Waals surface area contributed by atoms with Gasteiger partial charge in [0.15, 0.2) is 0 Å². The maximum atomic E-state index is 5.36. The molecule has 0 bridgehead atoms. The first-order chi connectivity index (χ1) is 7.70. The molecule has 4 heteroatoms. The maximum absolute atomic E-state index is 5.36. The zero-order valence-electron chi connectivity index (χ0n) is 9.71. The summed E-state index contributed by atoms with van der Waals surface area (Å²) in [5, 5.41) is 0. The number of imidazole rings is 1. The first kappa shape index (κ1) is 11.1. The average molecular weight is 219 g/mol. The van der Waals surface area contributed by atoms with E-state index in [4.69, 9.17) is 10.5 Å². The van der Waals surface area contributed by atoms with Gasteiger partial charge < -0.3 is 15.5 Å². The van der Waals surface area contributed by atoms with Gasteiger partial charge in [-0.25, -0.2) is 4.98 Å². The number of H-pyrrole nitrogens is 1. The molecule has 0 spiro atoms. The number of aromatic amines is 1. The summed E-state index contributed by atoms with van der Waals surface area (Å²) in [6.45, 7) is 5.75. The average Bonchev–Trinajstić information content (AvgIpc) is 2.61. The Kier molecular flexibility index (Phi) is 3.22. The molecular weight excluding hydrogens is 202 g/mol. The van der Waals surface area contributed by atoms with Gasteiger partial charge in [-0.3, -0.25) is 0 Å². The van der Waals surface area contributed by atoms with E-state index >= 15 is 0 Å². The number of nitrogens with one attached hydrogen (secondary N) is 1. The topological polar surface area (TPSA) is 63.9 Å². The van der Waals surface area contributed by atoms with Crippen molar-refractivity contribution in [2.24, 2.45) is 5.73 Å². The lowest BCUT2D eigenvalue weighted by Crippen LogP contribution is -2.08. The molecule has 0 unspecified atom stereocenters. The molecule has 0 saturated heterocycles. The largest absolute Gasteiger partial charge is 0.372 e. The van der Waals surface area contributed by atoms with Crippen LogP contribution in [0.2, 0.25) is 0 Å². The minimum absolute atomic E-state index is 0.490. The molecule has 1 heterocycles. The number of hydrogen-bond donors (Lipinski definition) is 2. The van der Waals surface area contributed by atoms with E-state index in [1.54, 1.807) is 0 Å². The van der Waals surface area contributed by atoms with Crippen molar-refractivity contribution in [3.63, 3.8) is 0 Å². The minimum atomic E-state index is 0.490. The van der Waals surface area contributed by atoms with Crippen molar-refractivity contribution in [3.8, 4) is 0 Å². The maximum Gasteiger partial charge on any atom is 0.133 e. The van der Waals surface area contributed by atoms with Crippen molar-refractivity contribution < 1.29 is 4.74 Å². The Labute approximate surface area is 94.8 Å². The molecular formula is C12H17N3O. The fourth-order valence-corrected chi connectivity index (χ4v) is 1.84. The molecule has 86 valence electrons. The predicted molar refractivity (Wildman–Crippen MR) is 64.3 cm³/mol. The van der Waals surface area contributed by atoms with Crippen LogP contribution in [0.25, 0.3) is 11.0 Å². The first-order valence-corrected chi connectivity index (χ1v) is 5.44. The number of nitrogens with two attached hydrogens (primary N) is 1. The quantitative estimate of drug-likeness (QED) is 0.768. The van der Waals surface area contributed by atoms with Crippen LogP contribution in [-0.4, -0.2) is 23.1 Å². The van der Waals surface area contributed by atoms with Gasteiger partial charge in [0.05, 0.1) is 17.6 Å². The second kappa shape index (κ2) is 4.63. The van der Waals surface area contributed by atoms with E-state index in [1.807, 2.05) is 0 Å². The Morgan fingerprint density at radius 3 is 2.94 bits per heavy atom. The first-order valence-electron chi connectivity index (χ1n) is 5.44. The number of aromatic nitrogens is 2. The molecule has 0 saturated carbocycles. The summed E-state index contributed by atoms with van der Waals surface area (Å²) in [5.74, 6) is 0.858. The Morgan fingerprint density at radius 2 is 2.19 bits per heavy atom. The van der Waals surface area contributed by atoms with Crippen molar-refractivity contribution in [2.75, 3.05) is 13.2 Å². The molecule has 0 aliphatic carbocycles. The summed E-state index contributed by atoms with van der Waals surface area (Å²) >= 11 is 0. The van der Waals surface area contributed by atoms with Crippen LogP contribution >= 0.6 is 0 Å². The monoisotopic (exact) mass is 219 g/mol. The van der Waals surface area contributed by atoms with E-state index in [2.05, 4.69) is 35.9 Å². The predicted octanol–water partition coefficient (Wildman–Crippen LogP) is 1.66. The Morgan fingerprint density at radius 1 is 1.38 bits per heavy atom. The van der Waals surface area contributed by atoms with Crippen molar-refractivity contribution >= 4 is 11.0 Å². The van der Waals surface area contributed by atoms with E-state index in [9.17, 15) is 0 Å². The zero-order valence-corrected chi connectivity index (χ0v) is 9.71. The van der Waals surface area contributed by atoms with E-state index in [0.717, 1.165) is 16.9 Å². The van der Waals surface area contributed by atoms with E-state index < -0.39 is 0 Å². The van der Waals surface area contributed by atoms with Crippen molar-refractivity contribution in [2.45, 2.75) is 20.5 Å². The van der Waals surface area contributed by atoms with E-state index in [1.165, 1.54) is 11.1 Å². The van der Waals surface area contributed by atoms with E-state index in [-0.39, 0.29) is 0 Å². The van der Waals surface area contributed by atoms with Crippen molar-refractivity contribution in [1.82, 2.24) is 9.97 Å². The lowest BCUT2D eigenvalue weighted by Gasteiger charge is -1.97. The normalized spacial score (nSPS) is 11.2. The van der Waals surface area contributed by atoms with Crippen LogP contribution in [-0.2, 0) is 11.3 Å². The van der Waals surface area contributed by atoms with Gasteiger partial charge in [-0.1, -0.05) is 6.07 Å². The highest BCUT2D eigenvalue weighted by Gasteiger charge is 2.05. The third-order valence-corrected chi connectivity index (χ3v) is 2.47. The number of aryl methyl sites for hydroxylation is 2. The number of fused-ring (bicyclic) bond motifs is 1. The lowest BCUT2D eigenvalue weighted by atomic mass is 10.1. The summed E-state index contributed by atoms with van der Waals surface area (Å²) in [6, 6.07) is 4.23. The van der Waals surface area contributed by atoms with Gasteiger partial charge in [-0.05, 0) is 31.0 Å². The SMILES string of the molecule is Cc1cc(C)c2nc(COCCN)[nH]c2c1. The molecule has 4 nitrogen and oxygen atoms in total. The van der Waals surface area contributed by atoms with Crippen molar-refractivity contribution in [1.29, 1.82) is 0 Å².